The Morgan fingerprint density at radius 1 is 1.00 bits per heavy atom. The zero-order valence-corrected chi connectivity index (χ0v) is 16.3. The third kappa shape index (κ3) is 4.45. The number of hydrogen-bond donors (Lipinski definition) is 0. The van der Waals surface area contributed by atoms with Gasteiger partial charge in [0.05, 0.1) is 23.1 Å². The number of rotatable bonds is 6. The van der Waals surface area contributed by atoms with E-state index in [-0.39, 0.29) is 42.8 Å². The van der Waals surface area contributed by atoms with Crippen LogP contribution in [0.25, 0.3) is 0 Å². The molecule has 0 N–H and O–H groups in total. The maximum atomic E-state index is 13.1. The van der Waals surface area contributed by atoms with Gasteiger partial charge < -0.3 is 9.47 Å². The second-order valence-corrected chi connectivity index (χ2v) is 8.22. The molecule has 0 saturated carbocycles. The lowest BCUT2D eigenvalue weighted by molar-refractivity contribution is -0.385. The van der Waals surface area contributed by atoms with Crippen LogP contribution in [-0.4, -0.2) is 48.9 Å². The fourth-order valence-electron chi connectivity index (χ4n) is 2.66. The number of nitro groups is 2. The maximum absolute atomic E-state index is 13.1. The minimum Gasteiger partial charge on any atom is -0.449 e. The SMILES string of the molecule is O=[N+]([O-])c1ccc(Oc2ccc(Cl)cc2[N+](=O)[O-])c(S(=O)(=O)N2CCOCC2)c1. The molecule has 1 saturated heterocycles. The number of hydrogen-bond acceptors (Lipinski definition) is 8. The van der Waals surface area contributed by atoms with Crippen LogP contribution >= 0.6 is 11.6 Å². The molecule has 1 aliphatic heterocycles. The molecule has 13 heteroatoms. The Balaban J connectivity index is 2.10. The molecule has 0 spiro atoms. The summed E-state index contributed by atoms with van der Waals surface area (Å²) in [5.74, 6) is -0.542. The molecule has 0 atom stereocenters. The predicted octanol–water partition coefficient (Wildman–Crippen LogP) is 2.97. The Morgan fingerprint density at radius 2 is 1.66 bits per heavy atom. The van der Waals surface area contributed by atoms with Gasteiger partial charge in [-0.1, -0.05) is 11.6 Å². The largest absolute Gasteiger partial charge is 0.449 e. The monoisotopic (exact) mass is 443 g/mol. The van der Waals surface area contributed by atoms with Crippen molar-refractivity contribution in [3.63, 3.8) is 0 Å². The number of halogens is 1. The molecule has 1 fully saturated rings. The van der Waals surface area contributed by atoms with Gasteiger partial charge in [0.2, 0.25) is 15.8 Å². The first kappa shape index (κ1) is 20.9. The number of morpholine rings is 1. The average Bonchev–Trinajstić information content (AvgIpc) is 2.69. The van der Waals surface area contributed by atoms with Crippen molar-refractivity contribution in [2.24, 2.45) is 0 Å². The summed E-state index contributed by atoms with van der Waals surface area (Å²) in [5, 5.41) is 22.5. The van der Waals surface area contributed by atoms with Crippen molar-refractivity contribution in [2.45, 2.75) is 4.90 Å². The van der Waals surface area contributed by atoms with Gasteiger partial charge in [0.1, 0.15) is 10.6 Å². The van der Waals surface area contributed by atoms with Crippen molar-refractivity contribution < 1.29 is 27.7 Å². The highest BCUT2D eigenvalue weighted by Crippen LogP contribution is 2.38. The van der Waals surface area contributed by atoms with Gasteiger partial charge >= 0.3 is 5.69 Å². The van der Waals surface area contributed by atoms with Crippen LogP contribution in [0.15, 0.2) is 41.3 Å². The first-order valence-electron chi connectivity index (χ1n) is 8.18. The number of sulfonamides is 1. The van der Waals surface area contributed by atoms with E-state index in [0.29, 0.717) is 0 Å². The minimum atomic E-state index is -4.18. The average molecular weight is 444 g/mol. The van der Waals surface area contributed by atoms with Crippen molar-refractivity contribution in [3.8, 4) is 11.5 Å². The van der Waals surface area contributed by atoms with Crippen LogP contribution < -0.4 is 4.74 Å². The predicted molar refractivity (Wildman–Crippen MR) is 101 cm³/mol. The molecule has 1 aliphatic rings. The fourth-order valence-corrected chi connectivity index (χ4v) is 4.37. The molecule has 29 heavy (non-hydrogen) atoms. The molecule has 3 rings (SSSR count). The molecule has 154 valence electrons. The zero-order valence-electron chi connectivity index (χ0n) is 14.7. The van der Waals surface area contributed by atoms with Crippen LogP contribution in [0.1, 0.15) is 0 Å². The Hall–Kier alpha value is -2.80. The molecule has 0 unspecified atom stereocenters. The molecule has 0 amide bonds. The second kappa shape index (κ2) is 8.29. The summed E-state index contributed by atoms with van der Waals surface area (Å²) >= 11 is 5.78. The van der Waals surface area contributed by atoms with Crippen molar-refractivity contribution in [3.05, 3.63) is 61.6 Å². The van der Waals surface area contributed by atoms with Gasteiger partial charge in [-0.25, -0.2) is 8.42 Å². The fraction of sp³-hybridized carbons (Fsp3) is 0.250. The summed E-state index contributed by atoms with van der Waals surface area (Å²) in [4.78, 5) is 20.5. The first-order chi connectivity index (χ1) is 13.7. The van der Waals surface area contributed by atoms with Crippen LogP contribution in [0.4, 0.5) is 11.4 Å². The summed E-state index contributed by atoms with van der Waals surface area (Å²) in [5.41, 5.74) is -0.944. The van der Waals surface area contributed by atoms with Gasteiger partial charge in [-0.2, -0.15) is 4.31 Å². The molecule has 11 nitrogen and oxygen atoms in total. The van der Waals surface area contributed by atoms with Gasteiger partial charge in [0.25, 0.3) is 5.69 Å². The summed E-state index contributed by atoms with van der Waals surface area (Å²) in [6.45, 7) is 0.469. The highest BCUT2D eigenvalue weighted by atomic mass is 35.5. The van der Waals surface area contributed by atoms with E-state index in [1.54, 1.807) is 0 Å². The van der Waals surface area contributed by atoms with E-state index in [4.69, 9.17) is 21.1 Å². The van der Waals surface area contributed by atoms with Crippen molar-refractivity contribution in [1.82, 2.24) is 4.31 Å². The van der Waals surface area contributed by atoms with Gasteiger partial charge in [-0.05, 0) is 18.2 Å². The third-order valence-electron chi connectivity index (χ3n) is 4.06. The van der Waals surface area contributed by atoms with Gasteiger partial charge in [0, 0.05) is 36.3 Å². The van der Waals surface area contributed by atoms with E-state index in [1.807, 2.05) is 0 Å². The minimum absolute atomic E-state index is 0.0611. The standard InChI is InChI=1S/C16H14ClN3O8S/c17-11-1-3-14(13(9-11)20(23)24)28-15-4-2-12(19(21)22)10-16(15)29(25,26)18-5-7-27-8-6-18/h1-4,9-10H,5-8H2. The van der Waals surface area contributed by atoms with E-state index in [2.05, 4.69) is 0 Å². The molecular weight excluding hydrogens is 430 g/mol. The van der Waals surface area contributed by atoms with Crippen molar-refractivity contribution in [1.29, 1.82) is 0 Å². The van der Waals surface area contributed by atoms with Crippen LogP contribution in [0, 0.1) is 20.2 Å². The highest BCUT2D eigenvalue weighted by Gasteiger charge is 2.32. The van der Waals surface area contributed by atoms with Crippen LogP contribution in [0.2, 0.25) is 5.02 Å². The van der Waals surface area contributed by atoms with Crippen LogP contribution in [-0.2, 0) is 14.8 Å². The topological polar surface area (TPSA) is 142 Å². The Labute approximate surface area is 169 Å². The summed E-state index contributed by atoms with van der Waals surface area (Å²) < 4.78 is 37.9. The molecule has 1 heterocycles. The zero-order chi connectivity index (χ0) is 21.2. The lowest BCUT2D eigenvalue weighted by Crippen LogP contribution is -2.40. The summed E-state index contributed by atoms with van der Waals surface area (Å²) in [6.07, 6.45) is 0. The van der Waals surface area contributed by atoms with E-state index in [0.717, 1.165) is 28.6 Å². The van der Waals surface area contributed by atoms with E-state index in [9.17, 15) is 28.6 Å². The van der Waals surface area contributed by atoms with Gasteiger partial charge in [-0.3, -0.25) is 20.2 Å². The quantitative estimate of drug-likeness (QED) is 0.489. The number of benzene rings is 2. The molecular formula is C16H14ClN3O8S. The Kier molecular flexibility index (Phi) is 5.98. The molecule has 2 aromatic rings. The third-order valence-corrected chi connectivity index (χ3v) is 6.22. The summed E-state index contributed by atoms with van der Waals surface area (Å²) in [6, 6.07) is 6.61. The molecule has 0 bridgehead atoms. The molecule has 0 aromatic heterocycles. The lowest BCUT2D eigenvalue weighted by Gasteiger charge is -2.26. The maximum Gasteiger partial charge on any atom is 0.313 e. The normalized spacial score (nSPS) is 15.1. The van der Waals surface area contributed by atoms with Crippen LogP contribution in [0.5, 0.6) is 11.5 Å². The first-order valence-corrected chi connectivity index (χ1v) is 10.00. The Bertz CT molecular complexity index is 1070. The molecule has 2 aromatic carbocycles. The smallest absolute Gasteiger partial charge is 0.313 e. The Morgan fingerprint density at radius 3 is 2.28 bits per heavy atom. The molecule has 0 radical (unpaired) electrons. The number of non-ortho nitro benzene ring substituents is 1. The summed E-state index contributed by atoms with van der Waals surface area (Å²) in [7, 11) is -4.18. The second-order valence-electron chi connectivity index (χ2n) is 5.88. The molecule has 0 aliphatic carbocycles. The lowest BCUT2D eigenvalue weighted by atomic mass is 10.3. The van der Waals surface area contributed by atoms with Crippen molar-refractivity contribution >= 4 is 33.0 Å². The van der Waals surface area contributed by atoms with Gasteiger partial charge in [-0.15, -0.1) is 0 Å². The van der Waals surface area contributed by atoms with E-state index >= 15 is 0 Å². The van der Waals surface area contributed by atoms with E-state index in [1.165, 1.54) is 12.1 Å². The number of ether oxygens (including phenoxy) is 2. The number of nitrogens with zero attached hydrogens (tertiary/aromatic N) is 3. The highest BCUT2D eigenvalue weighted by molar-refractivity contribution is 7.89. The van der Waals surface area contributed by atoms with E-state index < -0.39 is 36.1 Å². The van der Waals surface area contributed by atoms with Crippen LogP contribution in [0.3, 0.4) is 0 Å². The number of nitro benzene ring substituents is 2. The van der Waals surface area contributed by atoms with Crippen molar-refractivity contribution in [2.75, 3.05) is 26.3 Å². The van der Waals surface area contributed by atoms with Gasteiger partial charge in [0.15, 0.2) is 0 Å².